The van der Waals surface area contributed by atoms with Crippen molar-refractivity contribution in [3.63, 3.8) is 0 Å². The molecule has 8 nitrogen and oxygen atoms in total. The number of imide groups is 1. The maximum atomic E-state index is 12.7. The number of hydrogen-bond acceptors (Lipinski definition) is 6. The van der Waals surface area contributed by atoms with Crippen molar-refractivity contribution in [3.8, 4) is 11.5 Å². The van der Waals surface area contributed by atoms with Gasteiger partial charge in [-0.2, -0.15) is 11.8 Å². The molecule has 0 heterocycles. The molecule has 0 bridgehead atoms. The molecule has 2 N–H and O–H groups in total. The third-order valence-corrected chi connectivity index (χ3v) is 4.66. The Morgan fingerprint density at radius 2 is 1.83 bits per heavy atom. The van der Waals surface area contributed by atoms with Crippen molar-refractivity contribution in [2.45, 2.75) is 39.7 Å². The van der Waals surface area contributed by atoms with Crippen molar-refractivity contribution >= 4 is 29.7 Å². The Morgan fingerprint density at radius 3 is 2.38 bits per heavy atom. The molecule has 1 aromatic carbocycles. The van der Waals surface area contributed by atoms with Crippen LogP contribution in [-0.2, 0) is 16.0 Å². The first-order valence-corrected chi connectivity index (χ1v) is 10.9. The van der Waals surface area contributed by atoms with E-state index in [-0.39, 0.29) is 12.5 Å². The van der Waals surface area contributed by atoms with Gasteiger partial charge in [0, 0.05) is 13.5 Å². The average Bonchev–Trinajstić information content (AvgIpc) is 2.66. The molecule has 1 unspecified atom stereocenters. The Bertz CT molecular complexity index is 698. The normalized spacial score (nSPS) is 11.4. The summed E-state index contributed by atoms with van der Waals surface area (Å²) in [7, 11) is 0. The monoisotopic (exact) mass is 426 g/mol. The van der Waals surface area contributed by atoms with Gasteiger partial charge < -0.3 is 19.9 Å². The summed E-state index contributed by atoms with van der Waals surface area (Å²) in [6.07, 6.45) is 1.22. The van der Waals surface area contributed by atoms with Crippen molar-refractivity contribution in [2.75, 3.05) is 31.8 Å². The quantitative estimate of drug-likeness (QED) is 0.529. The Balaban J connectivity index is 2.93. The number of carboxylic acid groups (broad SMARTS) is 1. The lowest BCUT2D eigenvalue weighted by Gasteiger charge is -2.24. The topological polar surface area (TPSA) is 105 Å². The molecule has 0 aliphatic heterocycles. The number of benzene rings is 1. The van der Waals surface area contributed by atoms with E-state index in [4.69, 9.17) is 9.47 Å². The van der Waals surface area contributed by atoms with Crippen LogP contribution in [-0.4, -0.2) is 65.7 Å². The minimum Gasteiger partial charge on any atom is -0.490 e. The Labute approximate surface area is 175 Å². The molecule has 29 heavy (non-hydrogen) atoms. The van der Waals surface area contributed by atoms with Gasteiger partial charge in [0.05, 0.1) is 13.2 Å². The number of thioether (sulfide) groups is 1. The van der Waals surface area contributed by atoms with E-state index < -0.39 is 18.0 Å². The van der Waals surface area contributed by atoms with Crippen LogP contribution in [0.25, 0.3) is 0 Å². The molecule has 0 aromatic heterocycles. The molecule has 3 amide bonds. The smallest absolute Gasteiger partial charge is 0.414 e. The molecule has 1 aromatic rings. The molecule has 9 heteroatoms. The summed E-state index contributed by atoms with van der Waals surface area (Å²) in [5.41, 5.74) is 0.816. The second kappa shape index (κ2) is 12.9. The molecule has 0 fully saturated rings. The van der Waals surface area contributed by atoms with E-state index in [1.54, 1.807) is 12.1 Å². The first kappa shape index (κ1) is 24.6. The van der Waals surface area contributed by atoms with Crippen LogP contribution in [0.3, 0.4) is 0 Å². The second-order valence-electron chi connectivity index (χ2n) is 6.20. The zero-order valence-corrected chi connectivity index (χ0v) is 18.2. The average molecular weight is 427 g/mol. The molecule has 0 spiro atoms. The molecule has 0 saturated heterocycles. The summed E-state index contributed by atoms with van der Waals surface area (Å²) in [6, 6.07) is 4.51. The van der Waals surface area contributed by atoms with Gasteiger partial charge in [-0.15, -0.1) is 0 Å². The van der Waals surface area contributed by atoms with E-state index in [0.29, 0.717) is 43.3 Å². The molecule has 1 rings (SSSR count). The lowest BCUT2D eigenvalue weighted by molar-refractivity contribution is -0.134. The fourth-order valence-corrected chi connectivity index (χ4v) is 3.19. The van der Waals surface area contributed by atoms with Gasteiger partial charge in [0.25, 0.3) is 5.91 Å². The van der Waals surface area contributed by atoms with Crippen LogP contribution in [0.1, 0.15) is 32.8 Å². The van der Waals surface area contributed by atoms with E-state index in [1.165, 1.54) is 18.7 Å². The van der Waals surface area contributed by atoms with Crippen LogP contribution in [0.2, 0.25) is 0 Å². The molecule has 0 aliphatic carbocycles. The number of carbonyl (C=O) groups excluding carboxylic acids is 2. The SMILES string of the molecule is CCOc1ccc(CCN(C(=O)O)C(=O)C(CCSC)NC(C)=O)cc1OCC. The number of carbonyl (C=O) groups is 3. The van der Waals surface area contributed by atoms with Crippen LogP contribution in [0.4, 0.5) is 4.79 Å². The summed E-state index contributed by atoms with van der Waals surface area (Å²) in [5.74, 6) is 0.824. The Hall–Kier alpha value is -2.42. The van der Waals surface area contributed by atoms with Crippen molar-refractivity contribution in [1.82, 2.24) is 10.2 Å². The molecule has 0 aliphatic rings. The Kier molecular flexibility index (Phi) is 11.0. The van der Waals surface area contributed by atoms with E-state index in [9.17, 15) is 19.5 Å². The first-order valence-electron chi connectivity index (χ1n) is 9.52. The Morgan fingerprint density at radius 1 is 1.17 bits per heavy atom. The van der Waals surface area contributed by atoms with Crippen LogP contribution in [0, 0.1) is 0 Å². The van der Waals surface area contributed by atoms with Crippen molar-refractivity contribution in [3.05, 3.63) is 23.8 Å². The third-order valence-electron chi connectivity index (χ3n) is 4.02. The summed E-state index contributed by atoms with van der Waals surface area (Å²) in [6.45, 7) is 5.99. The largest absolute Gasteiger partial charge is 0.490 e. The summed E-state index contributed by atoms with van der Waals surface area (Å²) in [5, 5.41) is 12.1. The first-order chi connectivity index (χ1) is 13.8. The number of hydrogen-bond donors (Lipinski definition) is 2. The van der Waals surface area contributed by atoms with Gasteiger partial charge in [0.15, 0.2) is 11.5 Å². The van der Waals surface area contributed by atoms with Gasteiger partial charge in [-0.3, -0.25) is 9.59 Å². The standard InChI is InChI=1S/C20H30N2O6S/c1-5-27-17-8-7-15(13-18(17)28-6-2)9-11-22(20(25)26)19(24)16(10-12-29-4)21-14(3)23/h7-8,13,16H,5-6,9-12H2,1-4H3,(H,21,23)(H,25,26). The highest BCUT2D eigenvalue weighted by Gasteiger charge is 2.29. The minimum absolute atomic E-state index is 0.0247. The third kappa shape index (κ3) is 8.23. The molecule has 1 atom stereocenters. The van der Waals surface area contributed by atoms with Crippen molar-refractivity contribution in [1.29, 1.82) is 0 Å². The highest BCUT2D eigenvalue weighted by Crippen LogP contribution is 2.28. The number of nitrogens with one attached hydrogen (secondary N) is 1. The van der Waals surface area contributed by atoms with Gasteiger partial charge in [-0.05, 0) is 56.4 Å². The zero-order valence-electron chi connectivity index (χ0n) is 17.4. The lowest BCUT2D eigenvalue weighted by atomic mass is 10.1. The molecular weight excluding hydrogens is 396 g/mol. The van der Waals surface area contributed by atoms with Crippen LogP contribution in [0.5, 0.6) is 11.5 Å². The molecule has 162 valence electrons. The molecular formula is C20H30N2O6S. The predicted octanol–water partition coefficient (Wildman–Crippen LogP) is 2.79. The van der Waals surface area contributed by atoms with Crippen LogP contribution >= 0.6 is 11.8 Å². The predicted molar refractivity (Wildman–Crippen MR) is 113 cm³/mol. The van der Waals surface area contributed by atoms with E-state index in [0.717, 1.165) is 10.5 Å². The fourth-order valence-electron chi connectivity index (χ4n) is 2.72. The van der Waals surface area contributed by atoms with Gasteiger partial charge >= 0.3 is 6.09 Å². The number of ether oxygens (including phenoxy) is 2. The highest BCUT2D eigenvalue weighted by molar-refractivity contribution is 7.98. The maximum Gasteiger partial charge on any atom is 0.414 e. The number of amides is 3. The summed E-state index contributed by atoms with van der Waals surface area (Å²) >= 11 is 1.52. The lowest BCUT2D eigenvalue weighted by Crippen LogP contribution is -2.50. The maximum absolute atomic E-state index is 12.7. The van der Waals surface area contributed by atoms with Gasteiger partial charge in [0.2, 0.25) is 5.91 Å². The van der Waals surface area contributed by atoms with Crippen molar-refractivity contribution in [2.24, 2.45) is 0 Å². The van der Waals surface area contributed by atoms with Gasteiger partial charge in [-0.25, -0.2) is 9.69 Å². The fraction of sp³-hybridized carbons (Fsp3) is 0.550. The number of rotatable bonds is 12. The van der Waals surface area contributed by atoms with E-state index in [2.05, 4.69) is 5.32 Å². The van der Waals surface area contributed by atoms with Gasteiger partial charge in [0.1, 0.15) is 6.04 Å². The second-order valence-corrected chi connectivity index (χ2v) is 7.19. The summed E-state index contributed by atoms with van der Waals surface area (Å²) in [4.78, 5) is 36.6. The van der Waals surface area contributed by atoms with E-state index >= 15 is 0 Å². The minimum atomic E-state index is -1.34. The molecule has 0 saturated carbocycles. The zero-order chi connectivity index (χ0) is 21.8. The van der Waals surface area contributed by atoms with Gasteiger partial charge in [-0.1, -0.05) is 6.07 Å². The summed E-state index contributed by atoms with van der Waals surface area (Å²) < 4.78 is 11.1. The number of nitrogens with zero attached hydrogens (tertiary/aromatic N) is 1. The highest BCUT2D eigenvalue weighted by atomic mass is 32.2. The molecule has 0 radical (unpaired) electrons. The van der Waals surface area contributed by atoms with Crippen LogP contribution < -0.4 is 14.8 Å². The van der Waals surface area contributed by atoms with Crippen molar-refractivity contribution < 1.29 is 29.0 Å². The van der Waals surface area contributed by atoms with Crippen LogP contribution in [0.15, 0.2) is 18.2 Å². The van der Waals surface area contributed by atoms with E-state index in [1.807, 2.05) is 26.2 Å².